The van der Waals surface area contributed by atoms with Gasteiger partial charge in [-0.1, -0.05) is 0 Å². The van der Waals surface area contributed by atoms with Crippen molar-refractivity contribution in [2.75, 3.05) is 6.54 Å². The molecular formula is C11H22N2O4. The second-order valence-electron chi connectivity index (χ2n) is 5.15. The highest BCUT2D eigenvalue weighted by Crippen LogP contribution is 2.26. The lowest BCUT2D eigenvalue weighted by atomic mass is 10.0. The van der Waals surface area contributed by atoms with Crippen LogP contribution in [0.3, 0.4) is 0 Å². The zero-order chi connectivity index (χ0) is 12.5. The summed E-state index contributed by atoms with van der Waals surface area (Å²) in [5, 5.41) is 8.94. The molecule has 0 bridgehead atoms. The van der Waals surface area contributed by atoms with Crippen molar-refractivity contribution in [2.45, 2.75) is 45.8 Å². The minimum atomic E-state index is -0.849. The number of ether oxygens (including phenoxy) is 1. The van der Waals surface area contributed by atoms with Gasteiger partial charge in [-0.3, -0.25) is 4.79 Å². The molecular weight excluding hydrogens is 224 g/mol. The second kappa shape index (κ2) is 5.35. The number of aliphatic carboxylic acids is 1. The highest BCUT2D eigenvalue weighted by Gasteiger charge is 2.39. The van der Waals surface area contributed by atoms with E-state index in [1.54, 1.807) is 27.7 Å². The Morgan fingerprint density at radius 1 is 1.35 bits per heavy atom. The Morgan fingerprint density at radius 3 is 2.24 bits per heavy atom. The molecule has 1 amide bonds. The van der Waals surface area contributed by atoms with Gasteiger partial charge in [0.1, 0.15) is 5.60 Å². The highest BCUT2D eigenvalue weighted by atomic mass is 16.6. The van der Waals surface area contributed by atoms with Crippen LogP contribution in [0.1, 0.15) is 34.1 Å². The summed E-state index contributed by atoms with van der Waals surface area (Å²) in [6, 6.07) is -0.299. The molecule has 0 aromatic rings. The van der Waals surface area contributed by atoms with Crippen molar-refractivity contribution in [2.24, 2.45) is 5.92 Å². The predicted octanol–water partition coefficient (Wildman–Crippen LogP) is 1.88. The fraction of sp³-hybridized carbons (Fsp3) is 0.818. The van der Waals surface area contributed by atoms with E-state index in [2.05, 4.69) is 0 Å². The third-order valence-electron chi connectivity index (χ3n) is 2.70. The van der Waals surface area contributed by atoms with Crippen LogP contribution in [0.15, 0.2) is 0 Å². The van der Waals surface area contributed by atoms with Crippen LogP contribution in [-0.2, 0) is 9.53 Å². The molecule has 4 N–H and O–H groups in total. The summed E-state index contributed by atoms with van der Waals surface area (Å²) < 4.78 is 5.21. The molecule has 0 radical (unpaired) electrons. The lowest BCUT2D eigenvalue weighted by Gasteiger charge is -2.27. The molecule has 1 rings (SSSR count). The highest BCUT2D eigenvalue weighted by molar-refractivity contribution is 5.75. The Morgan fingerprint density at radius 2 is 1.88 bits per heavy atom. The van der Waals surface area contributed by atoms with Gasteiger partial charge in [-0.05, 0) is 34.1 Å². The van der Waals surface area contributed by atoms with Crippen molar-refractivity contribution in [3.63, 3.8) is 0 Å². The molecule has 17 heavy (non-hydrogen) atoms. The van der Waals surface area contributed by atoms with E-state index in [0.29, 0.717) is 13.0 Å². The molecule has 1 aliphatic heterocycles. The first-order valence-electron chi connectivity index (χ1n) is 5.45. The Kier molecular flexibility index (Phi) is 4.94. The average Bonchev–Trinajstić information content (AvgIpc) is 2.43. The van der Waals surface area contributed by atoms with Crippen molar-refractivity contribution in [1.29, 1.82) is 0 Å². The summed E-state index contributed by atoms with van der Waals surface area (Å²) in [5.74, 6) is -1.33. The van der Waals surface area contributed by atoms with Gasteiger partial charge in [-0.15, -0.1) is 0 Å². The number of amides is 1. The molecule has 1 unspecified atom stereocenters. The number of nitrogens with zero attached hydrogens (tertiary/aromatic N) is 1. The number of carboxylic acids is 1. The van der Waals surface area contributed by atoms with E-state index in [9.17, 15) is 9.59 Å². The molecule has 0 aromatic carbocycles. The third-order valence-corrected chi connectivity index (χ3v) is 2.70. The molecule has 1 aliphatic rings. The number of hydrogen-bond acceptors (Lipinski definition) is 4. The van der Waals surface area contributed by atoms with E-state index in [0.717, 1.165) is 0 Å². The van der Waals surface area contributed by atoms with Crippen LogP contribution in [0.5, 0.6) is 0 Å². The Bertz CT molecular complexity index is 298. The van der Waals surface area contributed by atoms with E-state index in [4.69, 9.17) is 9.84 Å². The second-order valence-corrected chi connectivity index (χ2v) is 5.15. The fourth-order valence-electron chi connectivity index (χ4n) is 1.85. The Labute approximate surface area is 102 Å². The average molecular weight is 246 g/mol. The number of carbonyl (C=O) groups is 2. The molecule has 0 saturated carbocycles. The molecule has 1 fully saturated rings. The maximum atomic E-state index is 11.8. The van der Waals surface area contributed by atoms with Gasteiger partial charge in [0.05, 0.1) is 5.92 Å². The lowest BCUT2D eigenvalue weighted by Crippen LogP contribution is -2.41. The van der Waals surface area contributed by atoms with Crippen molar-refractivity contribution in [3.05, 3.63) is 0 Å². The smallest absolute Gasteiger partial charge is 0.410 e. The zero-order valence-corrected chi connectivity index (χ0v) is 10.9. The SMILES string of the molecule is CC1[C@@H](C(=O)O)CCN1C(=O)OC(C)(C)C.N. The van der Waals surface area contributed by atoms with Gasteiger partial charge in [-0.25, -0.2) is 4.79 Å². The van der Waals surface area contributed by atoms with E-state index < -0.39 is 23.6 Å². The Hall–Kier alpha value is -1.30. The van der Waals surface area contributed by atoms with Crippen molar-refractivity contribution in [1.82, 2.24) is 11.1 Å². The largest absolute Gasteiger partial charge is 0.481 e. The molecule has 100 valence electrons. The molecule has 1 heterocycles. The van der Waals surface area contributed by atoms with Gasteiger partial charge < -0.3 is 20.9 Å². The summed E-state index contributed by atoms with van der Waals surface area (Å²) in [6.07, 6.45) is 0.0687. The first kappa shape index (κ1) is 15.7. The van der Waals surface area contributed by atoms with Gasteiger partial charge in [0.15, 0.2) is 0 Å². The predicted molar refractivity (Wildman–Crippen MR) is 63.2 cm³/mol. The summed E-state index contributed by atoms with van der Waals surface area (Å²) in [5.41, 5.74) is -0.544. The van der Waals surface area contributed by atoms with Crippen LogP contribution in [0.2, 0.25) is 0 Å². The third kappa shape index (κ3) is 3.89. The normalized spacial score (nSPS) is 24.1. The molecule has 0 aliphatic carbocycles. The van der Waals surface area contributed by atoms with Gasteiger partial charge in [0, 0.05) is 12.6 Å². The van der Waals surface area contributed by atoms with Crippen LogP contribution in [0.4, 0.5) is 4.79 Å². The molecule has 2 atom stereocenters. The van der Waals surface area contributed by atoms with Crippen molar-refractivity contribution < 1.29 is 19.4 Å². The van der Waals surface area contributed by atoms with E-state index in [1.807, 2.05) is 0 Å². The number of carboxylic acid groups (broad SMARTS) is 1. The van der Waals surface area contributed by atoms with Crippen LogP contribution < -0.4 is 6.15 Å². The summed E-state index contributed by atoms with van der Waals surface area (Å²) >= 11 is 0. The van der Waals surface area contributed by atoms with Crippen molar-refractivity contribution in [3.8, 4) is 0 Å². The molecule has 6 heteroatoms. The van der Waals surface area contributed by atoms with Crippen molar-refractivity contribution >= 4 is 12.1 Å². The first-order chi connectivity index (χ1) is 7.22. The first-order valence-corrected chi connectivity index (χ1v) is 5.45. The van der Waals surface area contributed by atoms with E-state index >= 15 is 0 Å². The number of likely N-dealkylation sites (tertiary alicyclic amines) is 1. The van der Waals surface area contributed by atoms with E-state index in [1.165, 1.54) is 4.90 Å². The fourth-order valence-corrected chi connectivity index (χ4v) is 1.85. The molecule has 0 aromatic heterocycles. The van der Waals surface area contributed by atoms with Crippen LogP contribution in [0.25, 0.3) is 0 Å². The monoisotopic (exact) mass is 246 g/mol. The maximum Gasteiger partial charge on any atom is 0.410 e. The van der Waals surface area contributed by atoms with Gasteiger partial charge in [-0.2, -0.15) is 0 Å². The van der Waals surface area contributed by atoms with Crippen LogP contribution in [-0.4, -0.2) is 40.3 Å². The standard InChI is InChI=1S/C11H19NO4.H3N/c1-7-8(9(13)14)5-6-12(7)10(15)16-11(2,3)4;/h7-8H,5-6H2,1-4H3,(H,13,14);1H3/t7?,8-;/m0./s1. The Balaban J connectivity index is 0.00000256. The number of rotatable bonds is 1. The van der Waals surface area contributed by atoms with Crippen LogP contribution >= 0.6 is 0 Å². The lowest BCUT2D eigenvalue weighted by molar-refractivity contribution is -0.142. The topological polar surface area (TPSA) is 102 Å². The zero-order valence-electron chi connectivity index (χ0n) is 10.9. The molecule has 0 spiro atoms. The van der Waals surface area contributed by atoms with Gasteiger partial charge >= 0.3 is 12.1 Å². The summed E-state index contributed by atoms with van der Waals surface area (Å²) in [6.45, 7) is 7.57. The quantitative estimate of drug-likeness (QED) is 0.735. The van der Waals surface area contributed by atoms with Gasteiger partial charge in [0.2, 0.25) is 0 Å². The summed E-state index contributed by atoms with van der Waals surface area (Å²) in [7, 11) is 0. The minimum absolute atomic E-state index is 0. The molecule has 1 saturated heterocycles. The number of hydrogen-bond donors (Lipinski definition) is 2. The van der Waals surface area contributed by atoms with Crippen LogP contribution in [0, 0.1) is 5.92 Å². The van der Waals surface area contributed by atoms with Gasteiger partial charge in [0.25, 0.3) is 0 Å². The van der Waals surface area contributed by atoms with E-state index in [-0.39, 0.29) is 12.2 Å². The summed E-state index contributed by atoms with van der Waals surface area (Å²) in [4.78, 5) is 24.1. The minimum Gasteiger partial charge on any atom is -0.481 e. The number of carbonyl (C=O) groups excluding carboxylic acids is 1. The molecule has 6 nitrogen and oxygen atoms in total. The maximum absolute atomic E-state index is 11.8.